The zero-order valence-electron chi connectivity index (χ0n) is 11.6. The van der Waals surface area contributed by atoms with E-state index in [0.29, 0.717) is 19.0 Å². The molecule has 2 N–H and O–H groups in total. The molecule has 0 spiro atoms. The number of rotatable bonds is 6. The van der Waals surface area contributed by atoms with Crippen molar-refractivity contribution in [1.29, 1.82) is 0 Å². The van der Waals surface area contributed by atoms with Crippen molar-refractivity contribution in [2.75, 3.05) is 7.11 Å². The number of carbonyl (C=O) groups is 1. The van der Waals surface area contributed by atoms with Crippen molar-refractivity contribution in [1.82, 2.24) is 4.90 Å². The standard InChI is InChI=1S/C15H22N2O2/c1-3-13(16)15(18)17(12-8-9-12)10-11-6-4-5-7-14(11)19-2/h4-7,12-13H,3,8-10,16H2,1-2H3/t13-/m0/s1. The molecule has 1 amide bonds. The second kappa shape index (κ2) is 6.06. The molecule has 4 heteroatoms. The lowest BCUT2D eigenvalue weighted by atomic mass is 10.1. The molecular weight excluding hydrogens is 240 g/mol. The predicted octanol–water partition coefficient (Wildman–Crippen LogP) is 1.92. The molecule has 104 valence electrons. The van der Waals surface area contributed by atoms with Crippen molar-refractivity contribution >= 4 is 5.91 Å². The Morgan fingerprint density at radius 1 is 1.47 bits per heavy atom. The molecule has 19 heavy (non-hydrogen) atoms. The number of nitrogens with zero attached hydrogens (tertiary/aromatic N) is 1. The first-order valence-electron chi connectivity index (χ1n) is 6.85. The van der Waals surface area contributed by atoms with E-state index < -0.39 is 6.04 Å². The normalized spacial score (nSPS) is 15.9. The quantitative estimate of drug-likeness (QED) is 0.852. The largest absolute Gasteiger partial charge is 0.496 e. The maximum absolute atomic E-state index is 12.3. The summed E-state index contributed by atoms with van der Waals surface area (Å²) in [5.74, 6) is 0.877. The van der Waals surface area contributed by atoms with Crippen LogP contribution in [0.5, 0.6) is 5.75 Å². The molecule has 0 radical (unpaired) electrons. The van der Waals surface area contributed by atoms with Crippen LogP contribution in [0.1, 0.15) is 31.7 Å². The predicted molar refractivity (Wildman–Crippen MR) is 74.8 cm³/mol. The monoisotopic (exact) mass is 262 g/mol. The van der Waals surface area contributed by atoms with Gasteiger partial charge >= 0.3 is 0 Å². The number of hydrogen-bond acceptors (Lipinski definition) is 3. The van der Waals surface area contributed by atoms with Crippen molar-refractivity contribution in [3.05, 3.63) is 29.8 Å². The maximum atomic E-state index is 12.3. The average Bonchev–Trinajstić information content (AvgIpc) is 3.28. The van der Waals surface area contributed by atoms with E-state index in [1.807, 2.05) is 36.1 Å². The molecule has 1 aromatic carbocycles. The van der Waals surface area contributed by atoms with E-state index in [4.69, 9.17) is 10.5 Å². The smallest absolute Gasteiger partial charge is 0.240 e. The Bertz CT molecular complexity index is 444. The van der Waals surface area contributed by atoms with Gasteiger partial charge in [-0.15, -0.1) is 0 Å². The molecule has 1 atom stereocenters. The van der Waals surface area contributed by atoms with Crippen LogP contribution >= 0.6 is 0 Å². The second-order valence-corrected chi connectivity index (χ2v) is 5.02. The highest BCUT2D eigenvalue weighted by Crippen LogP contribution is 2.30. The Labute approximate surface area is 114 Å². The molecule has 0 aliphatic heterocycles. The van der Waals surface area contributed by atoms with Gasteiger partial charge in [0.15, 0.2) is 0 Å². The molecule has 0 aromatic heterocycles. The van der Waals surface area contributed by atoms with Gasteiger partial charge in [0.05, 0.1) is 13.2 Å². The molecular formula is C15H22N2O2. The van der Waals surface area contributed by atoms with E-state index in [9.17, 15) is 4.79 Å². The fourth-order valence-electron chi connectivity index (χ4n) is 2.18. The summed E-state index contributed by atoms with van der Waals surface area (Å²) in [5, 5.41) is 0. The summed E-state index contributed by atoms with van der Waals surface area (Å²) in [6, 6.07) is 7.78. The number of para-hydroxylation sites is 1. The fraction of sp³-hybridized carbons (Fsp3) is 0.533. The third kappa shape index (κ3) is 3.26. The van der Waals surface area contributed by atoms with E-state index in [1.165, 1.54) is 0 Å². The zero-order valence-corrected chi connectivity index (χ0v) is 11.6. The Kier molecular flexibility index (Phi) is 4.43. The van der Waals surface area contributed by atoms with Crippen LogP contribution in [0.2, 0.25) is 0 Å². The third-order valence-electron chi connectivity index (χ3n) is 3.56. The highest BCUT2D eigenvalue weighted by atomic mass is 16.5. The van der Waals surface area contributed by atoms with Gasteiger partial charge in [0, 0.05) is 18.2 Å². The van der Waals surface area contributed by atoms with Crippen LogP contribution in [0, 0.1) is 0 Å². The number of methoxy groups -OCH3 is 1. The Morgan fingerprint density at radius 3 is 2.74 bits per heavy atom. The van der Waals surface area contributed by atoms with Crippen molar-refractivity contribution < 1.29 is 9.53 Å². The second-order valence-electron chi connectivity index (χ2n) is 5.02. The summed E-state index contributed by atoms with van der Waals surface area (Å²) in [7, 11) is 1.65. The van der Waals surface area contributed by atoms with Crippen LogP contribution in [-0.2, 0) is 11.3 Å². The number of carbonyl (C=O) groups excluding carboxylic acids is 1. The van der Waals surface area contributed by atoms with E-state index in [2.05, 4.69) is 0 Å². The first kappa shape index (κ1) is 13.9. The Balaban J connectivity index is 2.14. The van der Waals surface area contributed by atoms with E-state index >= 15 is 0 Å². The van der Waals surface area contributed by atoms with Crippen molar-refractivity contribution in [2.45, 2.75) is 44.8 Å². The lowest BCUT2D eigenvalue weighted by Gasteiger charge is -2.26. The van der Waals surface area contributed by atoms with Gasteiger partial charge in [0.25, 0.3) is 0 Å². The molecule has 1 aliphatic carbocycles. The SMILES string of the molecule is CC[C@H](N)C(=O)N(Cc1ccccc1OC)C1CC1. The average molecular weight is 262 g/mol. The van der Waals surface area contributed by atoms with Crippen molar-refractivity contribution in [3.8, 4) is 5.75 Å². The van der Waals surface area contributed by atoms with E-state index in [0.717, 1.165) is 24.2 Å². The van der Waals surface area contributed by atoms with Crippen LogP contribution in [0.15, 0.2) is 24.3 Å². The van der Waals surface area contributed by atoms with Gasteiger partial charge in [0.1, 0.15) is 5.75 Å². The van der Waals surface area contributed by atoms with E-state index in [1.54, 1.807) is 7.11 Å². The molecule has 2 rings (SSSR count). The van der Waals surface area contributed by atoms with Gasteiger partial charge in [-0.25, -0.2) is 0 Å². The lowest BCUT2D eigenvalue weighted by molar-refractivity contribution is -0.133. The molecule has 0 bridgehead atoms. The minimum atomic E-state index is -0.393. The molecule has 1 aliphatic rings. The topological polar surface area (TPSA) is 55.6 Å². The number of benzene rings is 1. The van der Waals surface area contributed by atoms with E-state index in [-0.39, 0.29) is 5.91 Å². The van der Waals surface area contributed by atoms with Crippen LogP contribution in [0.4, 0.5) is 0 Å². The summed E-state index contributed by atoms with van der Waals surface area (Å²) in [6.07, 6.45) is 2.84. The van der Waals surface area contributed by atoms with Crippen LogP contribution in [0.3, 0.4) is 0 Å². The molecule has 1 fully saturated rings. The summed E-state index contributed by atoms with van der Waals surface area (Å²) in [4.78, 5) is 14.2. The van der Waals surface area contributed by atoms with Crippen molar-refractivity contribution in [3.63, 3.8) is 0 Å². The summed E-state index contributed by atoms with van der Waals surface area (Å²) in [6.45, 7) is 2.53. The molecule has 1 saturated carbocycles. The first-order valence-corrected chi connectivity index (χ1v) is 6.85. The van der Waals surface area contributed by atoms with Gasteiger partial charge < -0.3 is 15.4 Å². The zero-order chi connectivity index (χ0) is 13.8. The fourth-order valence-corrected chi connectivity index (χ4v) is 2.18. The Hall–Kier alpha value is -1.55. The molecule has 0 unspecified atom stereocenters. The minimum absolute atomic E-state index is 0.0518. The van der Waals surface area contributed by atoms with Crippen LogP contribution in [-0.4, -0.2) is 30.0 Å². The number of hydrogen-bond donors (Lipinski definition) is 1. The molecule has 0 saturated heterocycles. The van der Waals surface area contributed by atoms with Gasteiger partial charge in [0.2, 0.25) is 5.91 Å². The first-order chi connectivity index (χ1) is 9.17. The molecule has 1 aromatic rings. The number of nitrogens with two attached hydrogens (primary N) is 1. The van der Waals surface area contributed by atoms with Crippen molar-refractivity contribution in [2.24, 2.45) is 5.73 Å². The molecule has 0 heterocycles. The highest BCUT2D eigenvalue weighted by molar-refractivity contribution is 5.82. The van der Waals surface area contributed by atoms with Gasteiger partial charge in [-0.1, -0.05) is 25.1 Å². The van der Waals surface area contributed by atoms with Gasteiger partial charge in [-0.3, -0.25) is 4.79 Å². The van der Waals surface area contributed by atoms with Crippen LogP contribution in [0.25, 0.3) is 0 Å². The van der Waals surface area contributed by atoms with Gasteiger partial charge in [-0.2, -0.15) is 0 Å². The summed E-state index contributed by atoms with van der Waals surface area (Å²) < 4.78 is 5.34. The van der Waals surface area contributed by atoms with Gasteiger partial charge in [-0.05, 0) is 25.3 Å². The summed E-state index contributed by atoms with van der Waals surface area (Å²) in [5.41, 5.74) is 6.92. The number of amides is 1. The lowest BCUT2D eigenvalue weighted by Crippen LogP contribution is -2.44. The third-order valence-corrected chi connectivity index (χ3v) is 3.56. The minimum Gasteiger partial charge on any atom is -0.496 e. The highest BCUT2D eigenvalue weighted by Gasteiger charge is 2.34. The number of ether oxygens (including phenoxy) is 1. The summed E-state index contributed by atoms with van der Waals surface area (Å²) >= 11 is 0. The maximum Gasteiger partial charge on any atom is 0.240 e. The van der Waals surface area contributed by atoms with Crippen LogP contribution < -0.4 is 10.5 Å². The Morgan fingerprint density at radius 2 is 2.16 bits per heavy atom. The molecule has 4 nitrogen and oxygen atoms in total.